The van der Waals surface area contributed by atoms with Gasteiger partial charge in [0.05, 0.1) is 31.5 Å². The molecule has 200 valence electrons. The molecular weight excluding hydrogens is 478 g/mol. The first-order valence-corrected chi connectivity index (χ1v) is 13.1. The molecule has 0 aromatic heterocycles. The lowest BCUT2D eigenvalue weighted by molar-refractivity contribution is -0.122. The maximum Gasteiger partial charge on any atom is 0.220 e. The second-order valence-electron chi connectivity index (χ2n) is 9.74. The van der Waals surface area contributed by atoms with E-state index in [1.165, 1.54) is 12.1 Å². The number of rotatable bonds is 5. The quantitative estimate of drug-likeness (QED) is 0.506. The molecule has 8 heteroatoms. The van der Waals surface area contributed by atoms with E-state index in [2.05, 4.69) is 17.6 Å². The lowest BCUT2D eigenvalue weighted by Crippen LogP contribution is -2.49. The molecule has 0 spiro atoms. The summed E-state index contributed by atoms with van der Waals surface area (Å²) in [6.45, 7) is 3.34. The lowest BCUT2D eigenvalue weighted by atomic mass is 9.99. The molecule has 4 rings (SSSR count). The van der Waals surface area contributed by atoms with Gasteiger partial charge in [0.1, 0.15) is 17.4 Å². The highest BCUT2D eigenvalue weighted by Crippen LogP contribution is 2.42. The van der Waals surface area contributed by atoms with Gasteiger partial charge in [-0.05, 0) is 73.1 Å². The minimum atomic E-state index is -0.981. The van der Waals surface area contributed by atoms with Crippen molar-refractivity contribution in [3.05, 3.63) is 76.9 Å². The fourth-order valence-corrected chi connectivity index (χ4v) is 4.96. The van der Waals surface area contributed by atoms with Crippen molar-refractivity contribution >= 4 is 5.91 Å². The number of aliphatic hydroxyl groups excluding tert-OH is 1. The highest BCUT2D eigenvalue weighted by molar-refractivity contribution is 5.76. The van der Waals surface area contributed by atoms with E-state index in [0.717, 1.165) is 35.8 Å². The van der Waals surface area contributed by atoms with Crippen molar-refractivity contribution < 1.29 is 28.2 Å². The van der Waals surface area contributed by atoms with Gasteiger partial charge in [-0.25, -0.2) is 8.78 Å². The molecule has 1 aliphatic carbocycles. The number of carbonyl (C=O) groups is 1. The number of β-amino-alcohol motifs (C(OH)–C–C–N with tert-alkyl or cyclic N) is 1. The Hall–Kier alpha value is -2.81. The number of benzene rings is 2. The summed E-state index contributed by atoms with van der Waals surface area (Å²) < 4.78 is 39.6. The van der Waals surface area contributed by atoms with Crippen LogP contribution in [0.25, 0.3) is 0 Å². The fourth-order valence-electron chi connectivity index (χ4n) is 4.96. The molecule has 6 nitrogen and oxygen atoms in total. The summed E-state index contributed by atoms with van der Waals surface area (Å²) in [7, 11) is 0. The van der Waals surface area contributed by atoms with Crippen LogP contribution in [0.2, 0.25) is 0 Å². The highest BCUT2D eigenvalue weighted by atomic mass is 19.1. The number of nitrogens with one attached hydrogen (secondary N) is 2. The molecule has 0 fully saturated rings. The maximum absolute atomic E-state index is 13.8. The number of hydrogen-bond donors (Lipinski definition) is 3. The third-order valence-corrected chi connectivity index (χ3v) is 6.80. The summed E-state index contributed by atoms with van der Waals surface area (Å²) in [5, 5.41) is 17.4. The van der Waals surface area contributed by atoms with Crippen LogP contribution >= 0.6 is 0 Å². The maximum atomic E-state index is 13.8. The number of halogens is 2. The van der Waals surface area contributed by atoms with Crippen LogP contribution in [0.1, 0.15) is 67.9 Å². The second-order valence-corrected chi connectivity index (χ2v) is 9.74. The van der Waals surface area contributed by atoms with Crippen LogP contribution in [-0.2, 0) is 16.0 Å². The van der Waals surface area contributed by atoms with Crippen molar-refractivity contribution in [3.63, 3.8) is 0 Å². The van der Waals surface area contributed by atoms with E-state index in [1.54, 1.807) is 0 Å². The number of hydrogen-bond acceptors (Lipinski definition) is 5. The van der Waals surface area contributed by atoms with Crippen LogP contribution in [0.4, 0.5) is 8.78 Å². The SMILES string of the molecule is CCCOc1ccc2c(c1)[C@@H]1C[C@H]2OC/C=C\CCCC(=O)N[C@@H](Cc2cc(F)cc(F)c2)[C@H](O)CN1. The number of amides is 1. The average molecular weight is 515 g/mol. The highest BCUT2D eigenvalue weighted by Gasteiger charge is 2.33. The van der Waals surface area contributed by atoms with E-state index in [-0.39, 0.29) is 37.4 Å². The first-order valence-electron chi connectivity index (χ1n) is 13.1. The standard InChI is InChI=1S/C29H36F2N2O4/c1-2-10-36-22-8-9-23-24(16-22)25-17-28(23)37-11-6-4-3-5-7-29(35)33-26(27(34)18-32-25)14-19-12-20(30)15-21(31)13-19/h4,6,8-9,12-13,15-16,25-28,32,34H,2-3,5,7,10-11,14,17-18H2,1H3,(H,33,35)/b6-4-/t25-,26-,27+,28+/m0/s1. The molecule has 0 unspecified atom stereocenters. The molecular formula is C29H36F2N2O4. The molecule has 2 bridgehead atoms. The van der Waals surface area contributed by atoms with Gasteiger partial charge in [-0.15, -0.1) is 0 Å². The van der Waals surface area contributed by atoms with Crippen molar-refractivity contribution in [3.8, 4) is 5.75 Å². The van der Waals surface area contributed by atoms with Gasteiger partial charge >= 0.3 is 0 Å². The molecule has 2 aromatic carbocycles. The van der Waals surface area contributed by atoms with Crippen LogP contribution in [0.15, 0.2) is 48.6 Å². The topological polar surface area (TPSA) is 79.8 Å². The second kappa shape index (κ2) is 13.1. The molecule has 1 aliphatic heterocycles. The van der Waals surface area contributed by atoms with Crippen LogP contribution in [-0.4, -0.2) is 42.9 Å². The number of ether oxygens (including phenoxy) is 2. The molecule has 2 aliphatic rings. The smallest absolute Gasteiger partial charge is 0.220 e. The molecule has 3 N–H and O–H groups in total. The fraction of sp³-hybridized carbons (Fsp3) is 0.483. The van der Waals surface area contributed by atoms with Gasteiger partial charge in [-0.2, -0.15) is 0 Å². The Morgan fingerprint density at radius 3 is 2.70 bits per heavy atom. The Balaban J connectivity index is 1.55. The van der Waals surface area contributed by atoms with Gasteiger partial charge in [0.15, 0.2) is 0 Å². The first-order chi connectivity index (χ1) is 17.9. The van der Waals surface area contributed by atoms with Crippen molar-refractivity contribution in [2.45, 2.75) is 69.7 Å². The van der Waals surface area contributed by atoms with Crippen LogP contribution in [0.3, 0.4) is 0 Å². The van der Waals surface area contributed by atoms with Gasteiger partial charge in [-0.3, -0.25) is 4.79 Å². The number of aliphatic hydroxyl groups is 1. The van der Waals surface area contributed by atoms with E-state index in [0.29, 0.717) is 31.6 Å². The van der Waals surface area contributed by atoms with Gasteiger partial charge in [0.25, 0.3) is 0 Å². The molecule has 37 heavy (non-hydrogen) atoms. The monoisotopic (exact) mass is 514 g/mol. The zero-order valence-corrected chi connectivity index (χ0v) is 21.2. The molecule has 0 radical (unpaired) electrons. The van der Waals surface area contributed by atoms with E-state index < -0.39 is 23.8 Å². The van der Waals surface area contributed by atoms with Crippen molar-refractivity contribution in [1.29, 1.82) is 0 Å². The van der Waals surface area contributed by atoms with Gasteiger partial charge in [0.2, 0.25) is 5.91 Å². The Morgan fingerprint density at radius 1 is 1.11 bits per heavy atom. The summed E-state index contributed by atoms with van der Waals surface area (Å²) in [5.41, 5.74) is 2.53. The van der Waals surface area contributed by atoms with Crippen molar-refractivity contribution in [2.24, 2.45) is 0 Å². The Labute approximate surface area is 217 Å². The lowest BCUT2D eigenvalue weighted by Gasteiger charge is -2.26. The van der Waals surface area contributed by atoms with Crippen LogP contribution < -0.4 is 15.4 Å². The zero-order valence-electron chi connectivity index (χ0n) is 21.2. The summed E-state index contributed by atoms with van der Waals surface area (Å²) in [5.74, 6) is -0.799. The van der Waals surface area contributed by atoms with E-state index in [9.17, 15) is 18.7 Å². The summed E-state index contributed by atoms with van der Waals surface area (Å²) >= 11 is 0. The van der Waals surface area contributed by atoms with Gasteiger partial charge < -0.3 is 25.2 Å². The molecule has 2 aromatic rings. The van der Waals surface area contributed by atoms with E-state index in [4.69, 9.17) is 9.47 Å². The van der Waals surface area contributed by atoms with Gasteiger partial charge in [-0.1, -0.05) is 25.1 Å². The molecule has 1 heterocycles. The van der Waals surface area contributed by atoms with E-state index in [1.807, 2.05) is 30.4 Å². The average Bonchev–Trinajstić information content (AvgIpc) is 3.20. The Kier molecular flexibility index (Phi) is 9.66. The Morgan fingerprint density at radius 2 is 1.92 bits per heavy atom. The minimum absolute atomic E-state index is 0.0836. The number of carbonyl (C=O) groups excluding carboxylic acids is 1. The summed E-state index contributed by atoms with van der Waals surface area (Å²) in [6, 6.07) is 8.50. The largest absolute Gasteiger partial charge is 0.494 e. The first kappa shape index (κ1) is 27.2. The molecule has 4 atom stereocenters. The number of allylic oxidation sites excluding steroid dienone is 1. The predicted molar refractivity (Wildman–Crippen MR) is 137 cm³/mol. The van der Waals surface area contributed by atoms with Crippen molar-refractivity contribution in [1.82, 2.24) is 10.6 Å². The Bertz CT molecular complexity index is 1070. The number of fused-ring (bicyclic) bond motifs is 5. The zero-order chi connectivity index (χ0) is 26.2. The summed E-state index contributed by atoms with van der Waals surface area (Å²) in [6.07, 6.45) is 6.28. The van der Waals surface area contributed by atoms with Crippen LogP contribution in [0.5, 0.6) is 5.75 Å². The molecule has 0 saturated heterocycles. The van der Waals surface area contributed by atoms with Crippen molar-refractivity contribution in [2.75, 3.05) is 19.8 Å². The normalized spacial score (nSPS) is 25.8. The third kappa shape index (κ3) is 7.60. The van der Waals surface area contributed by atoms with E-state index >= 15 is 0 Å². The summed E-state index contributed by atoms with van der Waals surface area (Å²) in [4.78, 5) is 12.6. The third-order valence-electron chi connectivity index (χ3n) is 6.80. The molecule has 1 amide bonds. The molecule has 0 saturated carbocycles. The van der Waals surface area contributed by atoms with Crippen LogP contribution in [0, 0.1) is 11.6 Å². The predicted octanol–water partition coefficient (Wildman–Crippen LogP) is 4.67. The van der Waals surface area contributed by atoms with Gasteiger partial charge in [0, 0.05) is 25.1 Å². The minimum Gasteiger partial charge on any atom is -0.494 e.